The summed E-state index contributed by atoms with van der Waals surface area (Å²) < 4.78 is 0. The van der Waals surface area contributed by atoms with Crippen LogP contribution in [0.1, 0.15) is 50.7 Å². The number of hydrogen-bond donors (Lipinski definition) is 0. The monoisotopic (exact) mass is 261 g/mol. The van der Waals surface area contributed by atoms with E-state index in [1.807, 2.05) is 0 Å². The molecule has 3 heteroatoms. The average molecular weight is 261 g/mol. The quantitative estimate of drug-likeness (QED) is 0.789. The van der Waals surface area contributed by atoms with Gasteiger partial charge in [-0.05, 0) is 24.0 Å². The molecule has 0 aromatic heterocycles. The zero-order valence-corrected chi connectivity index (χ0v) is 12.3. The minimum atomic E-state index is 0.0168. The fourth-order valence-electron chi connectivity index (χ4n) is 1.84. The molecule has 0 aliphatic heterocycles. The lowest BCUT2D eigenvalue weighted by Gasteiger charge is -2.17. The number of amides is 1. The zero-order valence-electron chi connectivity index (χ0n) is 12.3. The highest BCUT2D eigenvalue weighted by Crippen LogP contribution is 2.15. The Bertz CT molecular complexity index is 435. The number of rotatable bonds is 6. The summed E-state index contributed by atoms with van der Waals surface area (Å²) in [5.74, 6) is 0.593. The Kier molecular flexibility index (Phi) is 5.74. The Morgan fingerprint density at radius 1 is 1.11 bits per heavy atom. The Morgan fingerprint density at radius 3 is 2.16 bits per heavy atom. The minimum Gasteiger partial charge on any atom is -0.341 e. The maximum Gasteiger partial charge on any atom is 0.223 e. The Labute approximate surface area is 115 Å². The van der Waals surface area contributed by atoms with E-state index in [0.29, 0.717) is 25.3 Å². The van der Waals surface area contributed by atoms with Gasteiger partial charge in [0.2, 0.25) is 5.91 Å². The van der Waals surface area contributed by atoms with E-state index in [2.05, 4.69) is 38.1 Å². The maximum absolute atomic E-state index is 11.8. The highest BCUT2D eigenvalue weighted by atomic mass is 16.2. The molecule has 0 aliphatic rings. The van der Waals surface area contributed by atoms with Crippen molar-refractivity contribution in [3.63, 3.8) is 0 Å². The summed E-state index contributed by atoms with van der Waals surface area (Å²) in [6.45, 7) is 6.42. The summed E-state index contributed by atoms with van der Waals surface area (Å²) in [6, 6.07) is 8.33. The molecule has 1 aromatic carbocycles. The van der Waals surface area contributed by atoms with Crippen LogP contribution >= 0.6 is 0 Å². The van der Waals surface area contributed by atoms with Crippen molar-refractivity contribution >= 4 is 11.7 Å². The summed E-state index contributed by atoms with van der Waals surface area (Å²) in [7, 11) is 1.78. The summed E-state index contributed by atoms with van der Waals surface area (Å²) in [6.07, 6.45) is 0.630. The largest absolute Gasteiger partial charge is 0.341 e. The SMILES string of the molecule is CC(=O)CCC(=O)N(C)Cc1ccc(C(C)C)cc1. The molecule has 0 spiro atoms. The molecule has 104 valence electrons. The van der Waals surface area contributed by atoms with Gasteiger partial charge in [0, 0.05) is 26.4 Å². The number of carbonyl (C=O) groups excluding carboxylic acids is 2. The topological polar surface area (TPSA) is 37.4 Å². The van der Waals surface area contributed by atoms with Crippen LogP contribution in [0.4, 0.5) is 0 Å². The minimum absolute atomic E-state index is 0.0168. The predicted octanol–water partition coefficient (Wildman–Crippen LogP) is 3.14. The van der Waals surface area contributed by atoms with E-state index >= 15 is 0 Å². The highest BCUT2D eigenvalue weighted by Gasteiger charge is 2.10. The maximum atomic E-state index is 11.8. The van der Waals surface area contributed by atoms with Crippen LogP contribution in [0.25, 0.3) is 0 Å². The first-order valence-corrected chi connectivity index (χ1v) is 6.72. The number of ketones is 1. The fourth-order valence-corrected chi connectivity index (χ4v) is 1.84. The third-order valence-electron chi connectivity index (χ3n) is 3.18. The zero-order chi connectivity index (χ0) is 14.4. The lowest BCUT2D eigenvalue weighted by molar-refractivity contribution is -0.132. The number of benzene rings is 1. The van der Waals surface area contributed by atoms with E-state index in [4.69, 9.17) is 0 Å². The van der Waals surface area contributed by atoms with Crippen LogP contribution in [0.3, 0.4) is 0 Å². The molecule has 0 saturated carbocycles. The number of nitrogens with zero attached hydrogens (tertiary/aromatic N) is 1. The second kappa shape index (κ2) is 7.07. The van der Waals surface area contributed by atoms with Gasteiger partial charge in [-0.2, -0.15) is 0 Å². The fraction of sp³-hybridized carbons (Fsp3) is 0.500. The Balaban J connectivity index is 2.54. The third-order valence-corrected chi connectivity index (χ3v) is 3.18. The van der Waals surface area contributed by atoms with Crippen LogP contribution in [0.15, 0.2) is 24.3 Å². The van der Waals surface area contributed by atoms with Crippen molar-refractivity contribution in [1.29, 1.82) is 0 Å². The molecule has 0 fully saturated rings. The molecule has 0 saturated heterocycles. The average Bonchev–Trinajstić information content (AvgIpc) is 2.36. The van der Waals surface area contributed by atoms with Crippen molar-refractivity contribution in [1.82, 2.24) is 4.90 Å². The molecule has 0 atom stereocenters. The molecule has 19 heavy (non-hydrogen) atoms. The summed E-state index contributed by atoms with van der Waals surface area (Å²) in [5, 5.41) is 0. The first-order chi connectivity index (χ1) is 8.90. The van der Waals surface area contributed by atoms with Gasteiger partial charge in [0.25, 0.3) is 0 Å². The molecule has 1 amide bonds. The van der Waals surface area contributed by atoms with Crippen molar-refractivity contribution < 1.29 is 9.59 Å². The highest BCUT2D eigenvalue weighted by molar-refractivity contribution is 5.83. The Morgan fingerprint density at radius 2 is 1.68 bits per heavy atom. The van der Waals surface area contributed by atoms with Gasteiger partial charge in [-0.15, -0.1) is 0 Å². The molecule has 0 heterocycles. The molecule has 3 nitrogen and oxygen atoms in total. The van der Waals surface area contributed by atoms with Gasteiger partial charge in [0.1, 0.15) is 5.78 Å². The van der Waals surface area contributed by atoms with Gasteiger partial charge in [-0.25, -0.2) is 0 Å². The van der Waals surface area contributed by atoms with Gasteiger partial charge in [0.15, 0.2) is 0 Å². The van der Waals surface area contributed by atoms with Gasteiger partial charge >= 0.3 is 0 Å². The first-order valence-electron chi connectivity index (χ1n) is 6.72. The number of hydrogen-bond acceptors (Lipinski definition) is 2. The van der Waals surface area contributed by atoms with Crippen LogP contribution in [0, 0.1) is 0 Å². The summed E-state index contributed by atoms with van der Waals surface area (Å²) >= 11 is 0. The Hall–Kier alpha value is -1.64. The van der Waals surface area contributed by atoms with E-state index in [0.717, 1.165) is 5.56 Å². The third kappa shape index (κ3) is 5.25. The van der Waals surface area contributed by atoms with Crippen molar-refractivity contribution in [3.05, 3.63) is 35.4 Å². The van der Waals surface area contributed by atoms with Crippen LogP contribution in [-0.4, -0.2) is 23.6 Å². The van der Waals surface area contributed by atoms with Crippen molar-refractivity contribution in [2.75, 3.05) is 7.05 Å². The van der Waals surface area contributed by atoms with Gasteiger partial charge in [-0.1, -0.05) is 38.1 Å². The van der Waals surface area contributed by atoms with E-state index in [1.165, 1.54) is 12.5 Å². The summed E-state index contributed by atoms with van der Waals surface area (Å²) in [4.78, 5) is 24.3. The van der Waals surface area contributed by atoms with E-state index in [9.17, 15) is 9.59 Å². The second-order valence-electron chi connectivity index (χ2n) is 5.35. The molecular formula is C16H23NO2. The van der Waals surface area contributed by atoms with Gasteiger partial charge in [0.05, 0.1) is 0 Å². The smallest absolute Gasteiger partial charge is 0.223 e. The second-order valence-corrected chi connectivity index (χ2v) is 5.35. The van der Waals surface area contributed by atoms with Crippen LogP contribution in [0.2, 0.25) is 0 Å². The number of Topliss-reactive ketones (excluding diaryl/α,β-unsaturated/α-hetero) is 1. The van der Waals surface area contributed by atoms with E-state index in [1.54, 1.807) is 11.9 Å². The van der Waals surface area contributed by atoms with Crippen molar-refractivity contribution in [2.45, 2.75) is 46.1 Å². The molecule has 1 rings (SSSR count). The van der Waals surface area contributed by atoms with Crippen LogP contribution < -0.4 is 0 Å². The lowest BCUT2D eigenvalue weighted by Crippen LogP contribution is -2.26. The van der Waals surface area contributed by atoms with Gasteiger partial charge in [-0.3, -0.25) is 4.79 Å². The summed E-state index contributed by atoms with van der Waals surface area (Å²) in [5.41, 5.74) is 2.41. The molecule has 0 aliphatic carbocycles. The molecule has 0 N–H and O–H groups in total. The molecule has 0 bridgehead atoms. The normalized spacial score (nSPS) is 10.6. The lowest BCUT2D eigenvalue weighted by atomic mass is 10.0. The van der Waals surface area contributed by atoms with Crippen LogP contribution in [0.5, 0.6) is 0 Å². The van der Waals surface area contributed by atoms with Crippen molar-refractivity contribution in [2.24, 2.45) is 0 Å². The first kappa shape index (κ1) is 15.4. The van der Waals surface area contributed by atoms with Crippen LogP contribution in [-0.2, 0) is 16.1 Å². The molecular weight excluding hydrogens is 238 g/mol. The molecule has 0 unspecified atom stereocenters. The molecule has 0 radical (unpaired) electrons. The molecule has 1 aromatic rings. The van der Waals surface area contributed by atoms with E-state index < -0.39 is 0 Å². The predicted molar refractivity (Wildman–Crippen MR) is 76.9 cm³/mol. The van der Waals surface area contributed by atoms with Crippen molar-refractivity contribution in [3.8, 4) is 0 Å². The number of carbonyl (C=O) groups is 2. The van der Waals surface area contributed by atoms with Gasteiger partial charge < -0.3 is 9.69 Å². The standard InChI is InChI=1S/C16H23NO2/c1-12(2)15-8-6-14(7-9-15)11-17(4)16(19)10-5-13(3)18/h6-9,12H,5,10-11H2,1-4H3. The van der Waals surface area contributed by atoms with E-state index in [-0.39, 0.29) is 11.7 Å².